The van der Waals surface area contributed by atoms with Gasteiger partial charge >= 0.3 is 12.4 Å². The molecule has 0 aliphatic carbocycles. The van der Waals surface area contributed by atoms with Gasteiger partial charge < -0.3 is 24.6 Å². The Balaban J connectivity index is 1.31. The zero-order valence-corrected chi connectivity index (χ0v) is 21.3. The number of halogens is 6. The second-order valence-electron chi connectivity index (χ2n) is 9.40. The predicted octanol–water partition coefficient (Wildman–Crippen LogP) is 2.31. The van der Waals surface area contributed by atoms with Gasteiger partial charge in [0, 0.05) is 39.2 Å². The van der Waals surface area contributed by atoms with Crippen molar-refractivity contribution < 1.29 is 40.6 Å². The highest BCUT2D eigenvalue weighted by molar-refractivity contribution is 5.83. The minimum absolute atomic E-state index is 0.0694. The standard InChI is InChI=1S/C23H27F6N7O4/c1-39-11-13(33-15-8-32-34-20(37)19(15)23(27,28)29)12-40-16-4-7-36(21(16)38)14-2-5-35(6-3-14)18-10-30-17(9-31-18)22(24,25)26/h8-10,13-14,16H,2-7,11-12H2,1H3,(H2,33,34,37)/t13?,16-/m0/s1. The molecule has 1 amide bonds. The number of rotatable bonds is 9. The molecule has 2 N–H and O–H groups in total. The van der Waals surface area contributed by atoms with Gasteiger partial charge in [-0.2, -0.15) is 31.4 Å². The van der Waals surface area contributed by atoms with E-state index in [1.54, 1.807) is 14.9 Å². The number of nitrogens with one attached hydrogen (secondary N) is 2. The van der Waals surface area contributed by atoms with Gasteiger partial charge in [-0.05, 0) is 12.8 Å². The van der Waals surface area contributed by atoms with Gasteiger partial charge in [0.2, 0.25) is 0 Å². The van der Waals surface area contributed by atoms with E-state index in [2.05, 4.69) is 20.4 Å². The molecule has 0 bridgehead atoms. The van der Waals surface area contributed by atoms with Gasteiger partial charge in [-0.1, -0.05) is 0 Å². The van der Waals surface area contributed by atoms with Crippen LogP contribution in [-0.2, 0) is 26.6 Å². The zero-order valence-electron chi connectivity index (χ0n) is 21.3. The van der Waals surface area contributed by atoms with E-state index in [4.69, 9.17) is 9.47 Å². The largest absolute Gasteiger partial charge is 0.434 e. The molecule has 2 saturated heterocycles. The van der Waals surface area contributed by atoms with Gasteiger partial charge in [0.1, 0.15) is 17.5 Å². The van der Waals surface area contributed by atoms with Crippen molar-refractivity contribution in [1.82, 2.24) is 25.1 Å². The highest BCUT2D eigenvalue weighted by atomic mass is 19.4. The molecule has 2 fully saturated rings. The third kappa shape index (κ3) is 6.80. The number of ether oxygens (including phenoxy) is 2. The molecular weight excluding hydrogens is 552 g/mol. The number of carbonyl (C=O) groups excluding carboxylic acids is 1. The Labute approximate surface area is 223 Å². The lowest BCUT2D eigenvalue weighted by Crippen LogP contribution is -2.47. The summed E-state index contributed by atoms with van der Waals surface area (Å²) in [6.07, 6.45) is -6.19. The summed E-state index contributed by atoms with van der Waals surface area (Å²) in [6.45, 7) is 1.11. The maximum absolute atomic E-state index is 13.4. The molecule has 17 heteroatoms. The van der Waals surface area contributed by atoms with E-state index in [9.17, 15) is 35.9 Å². The van der Waals surface area contributed by atoms with Crippen LogP contribution < -0.4 is 15.8 Å². The Hall–Kier alpha value is -3.47. The first kappa shape index (κ1) is 29.5. The molecular formula is C23H27F6N7O4. The minimum atomic E-state index is -4.92. The van der Waals surface area contributed by atoms with Crippen molar-refractivity contribution >= 4 is 17.4 Å². The van der Waals surface area contributed by atoms with Gasteiger partial charge in [-0.25, -0.2) is 15.1 Å². The fraction of sp³-hybridized carbons (Fsp3) is 0.609. The van der Waals surface area contributed by atoms with Crippen molar-refractivity contribution in [3.8, 4) is 0 Å². The third-order valence-electron chi connectivity index (χ3n) is 6.71. The summed E-state index contributed by atoms with van der Waals surface area (Å²) in [5, 5.41) is 7.77. The highest BCUT2D eigenvalue weighted by Crippen LogP contribution is 2.32. The third-order valence-corrected chi connectivity index (χ3v) is 6.71. The van der Waals surface area contributed by atoms with Gasteiger partial charge in [-0.15, -0.1) is 0 Å². The minimum Gasteiger partial charge on any atom is -0.382 e. The molecule has 2 atom stereocenters. The van der Waals surface area contributed by atoms with Crippen LogP contribution in [0.25, 0.3) is 0 Å². The molecule has 2 aromatic rings. The van der Waals surface area contributed by atoms with Crippen molar-refractivity contribution in [2.45, 2.75) is 49.8 Å². The summed E-state index contributed by atoms with van der Waals surface area (Å²) in [5.74, 6) is 0.0686. The number of H-pyrrole nitrogens is 1. The average Bonchev–Trinajstić information content (AvgIpc) is 3.26. The van der Waals surface area contributed by atoms with Crippen LogP contribution in [0.15, 0.2) is 23.4 Å². The monoisotopic (exact) mass is 579 g/mol. The number of carbonyl (C=O) groups is 1. The predicted molar refractivity (Wildman–Crippen MR) is 127 cm³/mol. The smallest absolute Gasteiger partial charge is 0.382 e. The van der Waals surface area contributed by atoms with Crippen LogP contribution in [0.1, 0.15) is 30.5 Å². The van der Waals surface area contributed by atoms with Gasteiger partial charge in [0.15, 0.2) is 5.69 Å². The highest BCUT2D eigenvalue weighted by Gasteiger charge is 2.40. The second-order valence-corrected chi connectivity index (χ2v) is 9.40. The molecule has 220 valence electrons. The maximum Gasteiger partial charge on any atom is 0.434 e. The maximum atomic E-state index is 13.4. The van der Waals surface area contributed by atoms with Crippen LogP contribution in [0.2, 0.25) is 0 Å². The van der Waals surface area contributed by atoms with Crippen molar-refractivity contribution in [1.29, 1.82) is 0 Å². The van der Waals surface area contributed by atoms with E-state index in [1.165, 1.54) is 7.11 Å². The van der Waals surface area contributed by atoms with Gasteiger partial charge in [0.05, 0.1) is 43.5 Å². The van der Waals surface area contributed by atoms with Gasteiger partial charge in [-0.3, -0.25) is 9.59 Å². The molecule has 2 aliphatic rings. The molecule has 2 aromatic heterocycles. The molecule has 4 rings (SSSR count). The van der Waals surface area contributed by atoms with Crippen LogP contribution in [0.4, 0.5) is 37.8 Å². The number of aromatic nitrogens is 4. The number of hydrogen-bond donors (Lipinski definition) is 2. The first-order valence-electron chi connectivity index (χ1n) is 12.3. The molecule has 0 spiro atoms. The van der Waals surface area contributed by atoms with Crippen molar-refractivity contribution in [2.24, 2.45) is 0 Å². The lowest BCUT2D eigenvalue weighted by molar-refractivity contribution is -0.141. The number of aromatic amines is 1. The quantitative estimate of drug-likeness (QED) is 0.431. The normalized spacial score (nSPS) is 19.8. The number of anilines is 2. The molecule has 0 aromatic carbocycles. The second kappa shape index (κ2) is 12.0. The fourth-order valence-electron chi connectivity index (χ4n) is 4.80. The lowest BCUT2D eigenvalue weighted by Gasteiger charge is -2.37. The lowest BCUT2D eigenvalue weighted by atomic mass is 10.0. The van der Waals surface area contributed by atoms with Crippen LogP contribution in [-0.4, -0.2) is 89.1 Å². The van der Waals surface area contributed by atoms with Crippen LogP contribution in [0.3, 0.4) is 0 Å². The number of methoxy groups -OCH3 is 1. The Bertz CT molecular complexity index is 1220. The van der Waals surface area contributed by atoms with Crippen LogP contribution >= 0.6 is 0 Å². The number of alkyl halides is 6. The Morgan fingerprint density at radius 3 is 2.33 bits per heavy atom. The number of piperidine rings is 1. The van der Waals surface area contributed by atoms with E-state index in [0.29, 0.717) is 50.9 Å². The molecule has 11 nitrogen and oxygen atoms in total. The topological polar surface area (TPSA) is 126 Å². The summed E-state index contributed by atoms with van der Waals surface area (Å²) < 4.78 is 89.2. The first-order valence-corrected chi connectivity index (χ1v) is 12.3. The molecule has 4 heterocycles. The Morgan fingerprint density at radius 2 is 1.73 bits per heavy atom. The zero-order chi connectivity index (χ0) is 29.1. The Kier molecular flexibility index (Phi) is 8.82. The Morgan fingerprint density at radius 1 is 1.00 bits per heavy atom. The van der Waals surface area contributed by atoms with Gasteiger partial charge in [0.25, 0.3) is 11.5 Å². The SMILES string of the molecule is COCC(CO[C@H]1CCN(C2CCN(c3cnc(C(F)(F)F)cn3)CC2)C1=O)Nc1cn[nH]c(=O)c1C(F)(F)F. The van der Waals surface area contributed by atoms with Crippen LogP contribution in [0, 0.1) is 0 Å². The van der Waals surface area contributed by atoms with Crippen molar-refractivity contribution in [3.63, 3.8) is 0 Å². The van der Waals surface area contributed by atoms with E-state index < -0.39 is 47.0 Å². The first-order chi connectivity index (χ1) is 18.9. The number of nitrogens with zero attached hydrogens (tertiary/aromatic N) is 5. The molecule has 1 unspecified atom stereocenters. The van der Waals surface area contributed by atoms with Crippen LogP contribution in [0.5, 0.6) is 0 Å². The molecule has 0 radical (unpaired) electrons. The average molecular weight is 580 g/mol. The number of hydrogen-bond acceptors (Lipinski definition) is 9. The van der Waals surface area contributed by atoms with E-state index in [-0.39, 0.29) is 25.2 Å². The molecule has 40 heavy (non-hydrogen) atoms. The molecule has 0 saturated carbocycles. The number of likely N-dealkylation sites (tertiary alicyclic amines) is 1. The number of amides is 1. The fourth-order valence-corrected chi connectivity index (χ4v) is 4.80. The van der Waals surface area contributed by atoms with Crippen molar-refractivity contribution in [3.05, 3.63) is 40.2 Å². The summed E-state index contributed by atoms with van der Waals surface area (Å²) in [7, 11) is 1.35. The summed E-state index contributed by atoms with van der Waals surface area (Å²) >= 11 is 0. The van der Waals surface area contributed by atoms with E-state index >= 15 is 0 Å². The van der Waals surface area contributed by atoms with E-state index in [1.807, 2.05) is 0 Å². The summed E-state index contributed by atoms with van der Waals surface area (Å²) in [6, 6.07) is -0.922. The summed E-state index contributed by atoms with van der Waals surface area (Å²) in [4.78, 5) is 35.6. The van der Waals surface area contributed by atoms with Crippen molar-refractivity contribution in [2.75, 3.05) is 50.2 Å². The van der Waals surface area contributed by atoms with E-state index in [0.717, 1.165) is 12.4 Å². The summed E-state index contributed by atoms with van der Waals surface area (Å²) in [5.41, 5.74) is -4.43. The molecule has 2 aliphatic heterocycles.